The predicted molar refractivity (Wildman–Crippen MR) is 61.0 cm³/mol. The topological polar surface area (TPSA) is 61.8 Å². The Bertz CT molecular complexity index is 367. The molecule has 4 nitrogen and oxygen atoms in total. The minimum atomic E-state index is -0.0467. The van der Waals surface area contributed by atoms with E-state index in [1.165, 1.54) is 0 Å². The number of nitrogens with zero attached hydrogens (tertiary/aromatic N) is 2. The molecular formula is C10H14ClN3O. The zero-order chi connectivity index (χ0) is 11.4. The maximum atomic E-state index is 8.56. The Kier molecular flexibility index (Phi) is 3.80. The van der Waals surface area contributed by atoms with E-state index in [0.717, 1.165) is 5.56 Å². The molecule has 1 aromatic rings. The molecule has 0 aliphatic rings. The monoisotopic (exact) mass is 227 g/mol. The first-order valence-electron chi connectivity index (χ1n) is 4.52. The molecule has 3 N–H and O–H groups in total. The summed E-state index contributed by atoms with van der Waals surface area (Å²) in [4.78, 5) is 1.64. The second kappa shape index (κ2) is 4.89. The van der Waals surface area contributed by atoms with E-state index in [0.29, 0.717) is 5.02 Å². The second-order valence-electron chi connectivity index (χ2n) is 3.27. The molecule has 1 unspecified atom stereocenters. The minimum Gasteiger partial charge on any atom is -0.408 e. The van der Waals surface area contributed by atoms with Crippen molar-refractivity contribution in [3.63, 3.8) is 0 Å². The van der Waals surface area contributed by atoms with Crippen LogP contribution in [0.15, 0.2) is 29.4 Å². The summed E-state index contributed by atoms with van der Waals surface area (Å²) in [5.74, 6) is 0.0578. The van der Waals surface area contributed by atoms with Crippen LogP contribution in [0.1, 0.15) is 18.5 Å². The SMILES string of the molecule is CC(c1ccccc1Cl)N(C)C(N)=NO. The van der Waals surface area contributed by atoms with Crippen molar-refractivity contribution in [3.05, 3.63) is 34.9 Å². The molecule has 82 valence electrons. The fourth-order valence-electron chi connectivity index (χ4n) is 1.29. The lowest BCUT2D eigenvalue weighted by Gasteiger charge is -2.25. The maximum Gasteiger partial charge on any atom is 0.233 e. The van der Waals surface area contributed by atoms with Crippen molar-refractivity contribution in [2.75, 3.05) is 7.05 Å². The molecule has 0 aliphatic heterocycles. The van der Waals surface area contributed by atoms with Gasteiger partial charge in [0.15, 0.2) is 0 Å². The second-order valence-corrected chi connectivity index (χ2v) is 3.67. The number of hydrogen-bond acceptors (Lipinski definition) is 2. The van der Waals surface area contributed by atoms with E-state index in [9.17, 15) is 0 Å². The summed E-state index contributed by atoms with van der Waals surface area (Å²) in [6.07, 6.45) is 0. The van der Waals surface area contributed by atoms with Gasteiger partial charge in [-0.05, 0) is 18.6 Å². The van der Waals surface area contributed by atoms with Gasteiger partial charge >= 0.3 is 0 Å². The Balaban J connectivity index is 2.95. The largest absolute Gasteiger partial charge is 0.408 e. The highest BCUT2D eigenvalue weighted by Gasteiger charge is 2.15. The number of nitrogens with two attached hydrogens (primary N) is 1. The summed E-state index contributed by atoms with van der Waals surface area (Å²) < 4.78 is 0. The lowest BCUT2D eigenvalue weighted by atomic mass is 10.1. The molecule has 0 heterocycles. The van der Waals surface area contributed by atoms with Crippen molar-refractivity contribution in [1.29, 1.82) is 0 Å². The Morgan fingerprint density at radius 3 is 2.67 bits per heavy atom. The van der Waals surface area contributed by atoms with E-state index in [2.05, 4.69) is 5.16 Å². The van der Waals surface area contributed by atoms with Gasteiger partial charge in [0.1, 0.15) is 0 Å². The van der Waals surface area contributed by atoms with Crippen molar-refractivity contribution in [2.45, 2.75) is 13.0 Å². The van der Waals surface area contributed by atoms with Crippen LogP contribution in [-0.2, 0) is 0 Å². The molecule has 0 aromatic heterocycles. The molecule has 0 fully saturated rings. The number of benzene rings is 1. The number of oxime groups is 1. The van der Waals surface area contributed by atoms with Crippen LogP contribution >= 0.6 is 11.6 Å². The standard InChI is InChI=1S/C10H14ClN3O/c1-7(14(2)10(12)13-15)8-5-3-4-6-9(8)11/h3-7,15H,1-2H3,(H2,12,13). The van der Waals surface area contributed by atoms with Gasteiger partial charge < -0.3 is 15.8 Å². The molecule has 0 aliphatic carbocycles. The van der Waals surface area contributed by atoms with Gasteiger partial charge in [-0.25, -0.2) is 0 Å². The smallest absolute Gasteiger partial charge is 0.233 e. The lowest BCUT2D eigenvalue weighted by Crippen LogP contribution is -2.35. The molecule has 5 heteroatoms. The summed E-state index contributed by atoms with van der Waals surface area (Å²) in [7, 11) is 1.74. The summed E-state index contributed by atoms with van der Waals surface area (Å²) in [6.45, 7) is 1.93. The van der Waals surface area contributed by atoms with E-state index in [1.54, 1.807) is 11.9 Å². The summed E-state index contributed by atoms with van der Waals surface area (Å²) in [6, 6.07) is 7.44. The quantitative estimate of drug-likeness (QED) is 0.352. The van der Waals surface area contributed by atoms with Crippen molar-refractivity contribution >= 4 is 17.6 Å². The van der Waals surface area contributed by atoms with Crippen LogP contribution in [0.3, 0.4) is 0 Å². The van der Waals surface area contributed by atoms with Crippen LogP contribution in [0.4, 0.5) is 0 Å². The molecule has 0 saturated carbocycles. The average Bonchev–Trinajstić information content (AvgIpc) is 2.26. The van der Waals surface area contributed by atoms with E-state index in [4.69, 9.17) is 22.5 Å². The highest BCUT2D eigenvalue weighted by Crippen LogP contribution is 2.25. The van der Waals surface area contributed by atoms with E-state index < -0.39 is 0 Å². The number of guanidine groups is 1. The molecule has 15 heavy (non-hydrogen) atoms. The first-order chi connectivity index (χ1) is 7.07. The van der Waals surface area contributed by atoms with Crippen molar-refractivity contribution in [1.82, 2.24) is 4.90 Å². The highest BCUT2D eigenvalue weighted by atomic mass is 35.5. The normalized spacial score (nSPS) is 13.7. The van der Waals surface area contributed by atoms with Gasteiger partial charge in [0.05, 0.1) is 6.04 Å². The van der Waals surface area contributed by atoms with Gasteiger partial charge in [0.2, 0.25) is 5.96 Å². The fraction of sp³-hybridized carbons (Fsp3) is 0.300. The van der Waals surface area contributed by atoms with Crippen LogP contribution in [0, 0.1) is 0 Å². The number of rotatable bonds is 2. The Morgan fingerprint density at radius 1 is 1.53 bits per heavy atom. The Hall–Kier alpha value is -1.42. The molecule has 1 aromatic carbocycles. The molecule has 0 radical (unpaired) electrons. The number of halogens is 1. The first kappa shape index (κ1) is 11.7. The zero-order valence-electron chi connectivity index (χ0n) is 8.68. The van der Waals surface area contributed by atoms with E-state index in [1.807, 2.05) is 31.2 Å². The van der Waals surface area contributed by atoms with Gasteiger partial charge in [-0.15, -0.1) is 0 Å². The van der Waals surface area contributed by atoms with Gasteiger partial charge in [0, 0.05) is 12.1 Å². The molecule has 0 bridgehead atoms. The van der Waals surface area contributed by atoms with Crippen molar-refractivity contribution in [3.8, 4) is 0 Å². The van der Waals surface area contributed by atoms with E-state index in [-0.39, 0.29) is 12.0 Å². The van der Waals surface area contributed by atoms with Gasteiger partial charge in [-0.3, -0.25) is 0 Å². The molecule has 1 atom stereocenters. The zero-order valence-corrected chi connectivity index (χ0v) is 9.44. The maximum absolute atomic E-state index is 8.56. The average molecular weight is 228 g/mol. The Labute approximate surface area is 93.9 Å². The Morgan fingerprint density at radius 2 is 2.13 bits per heavy atom. The third-order valence-electron chi connectivity index (χ3n) is 2.40. The van der Waals surface area contributed by atoms with Crippen LogP contribution in [0.5, 0.6) is 0 Å². The predicted octanol–water partition coefficient (Wildman–Crippen LogP) is 2.04. The number of hydrogen-bond donors (Lipinski definition) is 2. The molecule has 1 rings (SSSR count). The molecule has 0 spiro atoms. The molecular weight excluding hydrogens is 214 g/mol. The van der Waals surface area contributed by atoms with Crippen molar-refractivity contribution < 1.29 is 5.21 Å². The van der Waals surface area contributed by atoms with Crippen LogP contribution in [-0.4, -0.2) is 23.1 Å². The van der Waals surface area contributed by atoms with Crippen LogP contribution < -0.4 is 5.73 Å². The highest BCUT2D eigenvalue weighted by molar-refractivity contribution is 6.31. The van der Waals surface area contributed by atoms with Crippen molar-refractivity contribution in [2.24, 2.45) is 10.9 Å². The molecule has 0 amide bonds. The molecule has 0 saturated heterocycles. The third kappa shape index (κ3) is 2.53. The van der Waals surface area contributed by atoms with Gasteiger partial charge in [0.25, 0.3) is 0 Å². The van der Waals surface area contributed by atoms with Crippen LogP contribution in [0.25, 0.3) is 0 Å². The summed E-state index contributed by atoms with van der Waals surface area (Å²) in [5, 5.41) is 12.2. The van der Waals surface area contributed by atoms with Gasteiger partial charge in [-0.1, -0.05) is 35.0 Å². The van der Waals surface area contributed by atoms with Crippen LogP contribution in [0.2, 0.25) is 5.02 Å². The summed E-state index contributed by atoms with van der Waals surface area (Å²) in [5.41, 5.74) is 6.43. The third-order valence-corrected chi connectivity index (χ3v) is 2.74. The summed E-state index contributed by atoms with van der Waals surface area (Å²) >= 11 is 6.04. The fourth-order valence-corrected chi connectivity index (χ4v) is 1.59. The minimum absolute atomic E-state index is 0.0467. The first-order valence-corrected chi connectivity index (χ1v) is 4.90. The van der Waals surface area contributed by atoms with E-state index >= 15 is 0 Å². The lowest BCUT2D eigenvalue weighted by molar-refractivity contribution is 0.294. The van der Waals surface area contributed by atoms with Gasteiger partial charge in [-0.2, -0.15) is 0 Å².